The molecule has 0 amide bonds. The van der Waals surface area contributed by atoms with E-state index in [-0.39, 0.29) is 0 Å². The first-order chi connectivity index (χ1) is 6.63. The Morgan fingerprint density at radius 2 is 2.43 bits per heavy atom. The fourth-order valence-electron chi connectivity index (χ4n) is 1.10. The van der Waals surface area contributed by atoms with E-state index in [9.17, 15) is 4.79 Å². The largest absolute Gasteiger partial charge is 0.464 e. The van der Waals surface area contributed by atoms with Crippen molar-refractivity contribution in [1.82, 2.24) is 9.78 Å². The Hall–Kier alpha value is -0.530. The lowest BCUT2D eigenvalue weighted by Gasteiger charge is -2.00. The molecule has 5 nitrogen and oxygen atoms in total. The van der Waals surface area contributed by atoms with Crippen LogP contribution in [0.2, 0.25) is 0 Å². The number of aromatic nitrogens is 2. The van der Waals surface area contributed by atoms with E-state index in [1.165, 1.54) is 22.6 Å². The summed E-state index contributed by atoms with van der Waals surface area (Å²) in [7, 11) is 9.50. The predicted octanol–water partition coefficient (Wildman–Crippen LogP) is 1.81. The number of methoxy groups -OCH3 is 1. The van der Waals surface area contributed by atoms with Crippen molar-refractivity contribution >= 4 is 42.2 Å². The van der Waals surface area contributed by atoms with Crippen molar-refractivity contribution in [2.24, 2.45) is 11.4 Å². The predicted molar refractivity (Wildman–Crippen MR) is 55.7 cm³/mol. The number of aryl methyl sites for hydroxylation is 1. The van der Waals surface area contributed by atoms with E-state index in [2.05, 4.69) is 14.2 Å². The van der Waals surface area contributed by atoms with Gasteiger partial charge in [0.25, 0.3) is 0 Å². The number of ether oxygens (including phenoxy) is 1. The lowest BCUT2D eigenvalue weighted by Crippen LogP contribution is -2.09. The zero-order chi connectivity index (χ0) is 10.3. The standard InChI is InChI=1S/C6H6ClN3O2S2/c1-10-3(6(11)12-2)4-5(8-10)9-14(7)13-4/h1-2H3. The van der Waals surface area contributed by atoms with Crippen LogP contribution in [0.25, 0.3) is 0 Å². The molecular formula is C6H6ClN3O2S2. The third kappa shape index (κ3) is 1.45. The van der Waals surface area contributed by atoms with Crippen LogP contribution in [0.5, 0.6) is 0 Å². The molecule has 0 aromatic carbocycles. The summed E-state index contributed by atoms with van der Waals surface area (Å²) in [6, 6.07) is 0. The Balaban J connectivity index is 2.51. The average molecular weight is 252 g/mol. The molecule has 8 heteroatoms. The van der Waals surface area contributed by atoms with Crippen molar-refractivity contribution in [2.75, 3.05) is 7.11 Å². The van der Waals surface area contributed by atoms with Gasteiger partial charge in [-0.05, 0) is 21.5 Å². The van der Waals surface area contributed by atoms with Crippen molar-refractivity contribution in [3.05, 3.63) is 5.69 Å². The summed E-state index contributed by atoms with van der Waals surface area (Å²) in [5, 5.41) is 4.06. The quantitative estimate of drug-likeness (QED) is 0.564. The van der Waals surface area contributed by atoms with Gasteiger partial charge in [-0.1, -0.05) is 0 Å². The van der Waals surface area contributed by atoms with Gasteiger partial charge in [0.15, 0.2) is 11.5 Å². The highest BCUT2D eigenvalue weighted by Gasteiger charge is 2.28. The van der Waals surface area contributed by atoms with Crippen LogP contribution < -0.4 is 0 Å². The van der Waals surface area contributed by atoms with Crippen LogP contribution in [-0.4, -0.2) is 22.9 Å². The van der Waals surface area contributed by atoms with Crippen LogP contribution in [0, 0.1) is 0 Å². The second-order valence-corrected chi connectivity index (χ2v) is 6.54. The number of esters is 1. The fraction of sp³-hybridized carbons (Fsp3) is 0.333. The minimum Gasteiger partial charge on any atom is -0.464 e. The highest BCUT2D eigenvalue weighted by Crippen LogP contribution is 2.43. The molecule has 1 aliphatic rings. The Morgan fingerprint density at radius 3 is 3.07 bits per heavy atom. The molecule has 1 unspecified atom stereocenters. The molecule has 1 atom stereocenters. The summed E-state index contributed by atoms with van der Waals surface area (Å²) in [5.41, 5.74) is 0.409. The topological polar surface area (TPSA) is 56.5 Å². The summed E-state index contributed by atoms with van der Waals surface area (Å²) >= 11 is 0. The van der Waals surface area contributed by atoms with Crippen LogP contribution >= 0.6 is 21.5 Å². The zero-order valence-corrected chi connectivity index (χ0v) is 9.74. The molecule has 0 spiro atoms. The van der Waals surface area contributed by atoms with Crippen molar-refractivity contribution in [3.63, 3.8) is 0 Å². The monoisotopic (exact) mass is 251 g/mol. The van der Waals surface area contributed by atoms with Crippen LogP contribution in [0.3, 0.4) is 0 Å². The molecule has 1 aliphatic heterocycles. The number of carbonyl (C=O) groups excluding carboxylic acids is 1. The maximum Gasteiger partial charge on any atom is 0.357 e. The molecular weight excluding hydrogens is 246 g/mol. The van der Waals surface area contributed by atoms with Gasteiger partial charge < -0.3 is 4.74 Å². The molecule has 0 saturated heterocycles. The third-order valence-electron chi connectivity index (χ3n) is 1.68. The molecule has 0 N–H and O–H groups in total. The first kappa shape index (κ1) is 10.0. The molecule has 1 aromatic rings. The molecule has 0 fully saturated rings. The van der Waals surface area contributed by atoms with E-state index in [0.29, 0.717) is 16.4 Å². The summed E-state index contributed by atoms with van der Waals surface area (Å²) in [5.74, 6) is 0.107. The Kier molecular flexibility index (Phi) is 2.54. The van der Waals surface area contributed by atoms with Gasteiger partial charge in [-0.15, -0.1) is 0 Å². The summed E-state index contributed by atoms with van der Waals surface area (Å²) in [6.07, 6.45) is 0. The van der Waals surface area contributed by atoms with E-state index in [0.717, 1.165) is 0 Å². The molecule has 1 aromatic heterocycles. The molecule has 14 heavy (non-hydrogen) atoms. The normalized spacial score (nSPS) is 18.9. The number of fused-ring (bicyclic) bond motifs is 1. The maximum atomic E-state index is 11.4. The second kappa shape index (κ2) is 3.56. The van der Waals surface area contributed by atoms with Gasteiger partial charge >= 0.3 is 5.97 Å². The Bertz CT molecular complexity index is 443. The van der Waals surface area contributed by atoms with Crippen LogP contribution in [-0.2, 0) is 20.7 Å². The van der Waals surface area contributed by atoms with Gasteiger partial charge in [-0.25, -0.2) is 4.79 Å². The minimum atomic E-state index is -0.645. The molecule has 0 saturated carbocycles. The Morgan fingerprint density at radius 1 is 1.71 bits per heavy atom. The van der Waals surface area contributed by atoms with E-state index >= 15 is 0 Å². The van der Waals surface area contributed by atoms with Gasteiger partial charge in [0.1, 0.15) is 4.90 Å². The van der Waals surface area contributed by atoms with Gasteiger partial charge in [-0.3, -0.25) is 4.68 Å². The highest BCUT2D eigenvalue weighted by molar-refractivity contribution is 8.78. The van der Waals surface area contributed by atoms with Crippen LogP contribution in [0.4, 0.5) is 5.82 Å². The number of hydrogen-bond donors (Lipinski definition) is 0. The maximum absolute atomic E-state index is 11.4. The molecule has 0 aliphatic carbocycles. The second-order valence-electron chi connectivity index (χ2n) is 2.50. The minimum absolute atomic E-state index is 0.409. The molecule has 0 radical (unpaired) electrons. The van der Waals surface area contributed by atoms with Crippen molar-refractivity contribution < 1.29 is 9.53 Å². The lowest BCUT2D eigenvalue weighted by molar-refractivity contribution is 0.0584. The van der Waals surface area contributed by atoms with E-state index < -0.39 is 14.9 Å². The lowest BCUT2D eigenvalue weighted by atomic mass is 10.4. The molecule has 0 bridgehead atoms. The van der Waals surface area contributed by atoms with E-state index in [4.69, 9.17) is 10.7 Å². The fourth-order valence-corrected chi connectivity index (χ4v) is 4.02. The van der Waals surface area contributed by atoms with Crippen LogP contribution in [0.15, 0.2) is 9.26 Å². The number of rotatable bonds is 1. The number of halogens is 1. The number of carbonyl (C=O) groups is 1. The van der Waals surface area contributed by atoms with Gasteiger partial charge in [0.05, 0.1) is 16.0 Å². The summed E-state index contributed by atoms with van der Waals surface area (Å²) in [6.45, 7) is 0. The molecule has 2 heterocycles. The van der Waals surface area contributed by atoms with Crippen molar-refractivity contribution in [1.29, 1.82) is 0 Å². The van der Waals surface area contributed by atoms with Crippen LogP contribution in [0.1, 0.15) is 10.5 Å². The smallest absolute Gasteiger partial charge is 0.357 e. The SMILES string of the molecule is COC(=O)c1c2c(nn1C)N=S(Cl)S2. The third-order valence-corrected chi connectivity index (χ3v) is 4.58. The van der Waals surface area contributed by atoms with E-state index in [1.54, 1.807) is 7.05 Å². The Labute approximate surface area is 90.8 Å². The van der Waals surface area contributed by atoms with E-state index in [1.807, 2.05) is 0 Å². The van der Waals surface area contributed by atoms with Crippen molar-refractivity contribution in [3.8, 4) is 0 Å². The zero-order valence-electron chi connectivity index (χ0n) is 7.35. The highest BCUT2D eigenvalue weighted by atomic mass is 35.7. The average Bonchev–Trinajstić information content (AvgIpc) is 2.58. The summed E-state index contributed by atoms with van der Waals surface area (Å²) in [4.78, 5) is 12.1. The number of hydrogen-bond acceptors (Lipinski definition) is 5. The first-order valence-corrected chi connectivity index (χ1v) is 6.93. The number of nitrogens with zero attached hydrogens (tertiary/aromatic N) is 3. The van der Waals surface area contributed by atoms with Gasteiger partial charge in [-0.2, -0.15) is 9.46 Å². The summed E-state index contributed by atoms with van der Waals surface area (Å²) < 4.78 is 10.2. The van der Waals surface area contributed by atoms with Crippen molar-refractivity contribution in [2.45, 2.75) is 4.90 Å². The van der Waals surface area contributed by atoms with Gasteiger partial charge in [0, 0.05) is 7.05 Å². The molecule has 76 valence electrons. The molecule has 2 rings (SSSR count). The van der Waals surface area contributed by atoms with Gasteiger partial charge in [0.2, 0.25) is 0 Å². The first-order valence-electron chi connectivity index (χ1n) is 3.59.